The summed E-state index contributed by atoms with van der Waals surface area (Å²) in [6.45, 7) is 2.95. The zero-order chi connectivity index (χ0) is 21.1. The van der Waals surface area contributed by atoms with Gasteiger partial charge in [-0.25, -0.2) is 9.87 Å². The average molecular weight is 400 g/mol. The molecular formula is C18H17FN6O4. The summed E-state index contributed by atoms with van der Waals surface area (Å²) in [6.07, 6.45) is 1.33. The first-order valence-electron chi connectivity index (χ1n) is 8.44. The zero-order valence-electron chi connectivity index (χ0n) is 15.5. The van der Waals surface area contributed by atoms with Crippen molar-refractivity contribution in [2.45, 2.75) is 13.8 Å². The van der Waals surface area contributed by atoms with Crippen molar-refractivity contribution in [1.29, 1.82) is 0 Å². The predicted molar refractivity (Wildman–Crippen MR) is 102 cm³/mol. The van der Waals surface area contributed by atoms with E-state index in [1.165, 1.54) is 29.9 Å². The van der Waals surface area contributed by atoms with E-state index in [1.54, 1.807) is 13.8 Å². The van der Waals surface area contributed by atoms with Crippen molar-refractivity contribution >= 4 is 35.3 Å². The molecule has 1 aromatic carbocycles. The van der Waals surface area contributed by atoms with Crippen LogP contribution in [0.1, 0.15) is 32.9 Å². The fourth-order valence-electron chi connectivity index (χ4n) is 2.90. The summed E-state index contributed by atoms with van der Waals surface area (Å²) in [4.78, 5) is 38.3. The van der Waals surface area contributed by atoms with Gasteiger partial charge < -0.3 is 15.6 Å². The highest BCUT2D eigenvalue weighted by molar-refractivity contribution is 6.53. The van der Waals surface area contributed by atoms with Gasteiger partial charge in [-0.05, 0) is 37.6 Å². The van der Waals surface area contributed by atoms with Crippen molar-refractivity contribution in [3.05, 3.63) is 52.1 Å². The third kappa shape index (κ3) is 4.04. The van der Waals surface area contributed by atoms with Crippen LogP contribution in [0.2, 0.25) is 0 Å². The number of rotatable bonds is 5. The molecule has 0 radical (unpaired) electrons. The normalized spacial score (nSPS) is 14.2. The Balaban J connectivity index is 1.81. The van der Waals surface area contributed by atoms with E-state index in [1.807, 2.05) is 0 Å². The van der Waals surface area contributed by atoms with Gasteiger partial charge in [0.05, 0.1) is 29.7 Å². The van der Waals surface area contributed by atoms with Crippen molar-refractivity contribution in [3.8, 4) is 0 Å². The standard InChI is InChI=1S/C18H17FN6O4/c1-8-13(22-9(2)15(8)17(27)20-7-14(26)25-29)6-21-24-16-11-5-10(19)3-4-12(11)23-18(16)28/h3-6,22,29H,7H2,1-2H3,(H,20,27)(H,25,26)(H,23,24,28)/b21-6+. The maximum atomic E-state index is 13.4. The molecule has 5 N–H and O–H groups in total. The van der Waals surface area contributed by atoms with Gasteiger partial charge in [-0.1, -0.05) is 0 Å². The van der Waals surface area contributed by atoms with E-state index in [0.717, 1.165) is 0 Å². The number of halogens is 1. The van der Waals surface area contributed by atoms with Gasteiger partial charge in [0.25, 0.3) is 17.7 Å². The molecule has 150 valence electrons. The number of anilines is 1. The summed E-state index contributed by atoms with van der Waals surface area (Å²) >= 11 is 0. The molecule has 1 aromatic heterocycles. The topological polar surface area (TPSA) is 148 Å². The van der Waals surface area contributed by atoms with Crippen LogP contribution in [-0.4, -0.2) is 46.4 Å². The Morgan fingerprint density at radius 1 is 1.31 bits per heavy atom. The molecule has 0 saturated carbocycles. The molecule has 1 aliphatic rings. The SMILES string of the molecule is Cc1[nH]c(/C=N/N=C2\C(=O)Nc3ccc(F)cc32)c(C)c1C(=O)NCC(=O)NO. The number of hydrogen-bond acceptors (Lipinski definition) is 6. The van der Waals surface area contributed by atoms with Crippen LogP contribution >= 0.6 is 0 Å². The summed E-state index contributed by atoms with van der Waals surface area (Å²) in [6, 6.07) is 3.86. The summed E-state index contributed by atoms with van der Waals surface area (Å²) in [7, 11) is 0. The Labute approximate surface area is 163 Å². The number of fused-ring (bicyclic) bond motifs is 1. The van der Waals surface area contributed by atoms with Crippen molar-refractivity contribution in [3.63, 3.8) is 0 Å². The molecule has 3 rings (SSSR count). The molecule has 0 aliphatic carbocycles. The van der Waals surface area contributed by atoms with E-state index >= 15 is 0 Å². The molecule has 0 atom stereocenters. The number of carbonyl (C=O) groups is 3. The molecule has 1 aliphatic heterocycles. The van der Waals surface area contributed by atoms with Crippen LogP contribution in [0.15, 0.2) is 28.4 Å². The van der Waals surface area contributed by atoms with Crippen molar-refractivity contribution < 1.29 is 24.0 Å². The highest BCUT2D eigenvalue weighted by Crippen LogP contribution is 2.24. The number of hydrogen-bond donors (Lipinski definition) is 5. The molecule has 2 heterocycles. The molecule has 3 amide bonds. The molecule has 0 unspecified atom stereocenters. The molecule has 29 heavy (non-hydrogen) atoms. The van der Waals surface area contributed by atoms with E-state index < -0.39 is 23.5 Å². The fourth-order valence-corrected chi connectivity index (χ4v) is 2.90. The number of amides is 3. The molecule has 10 nitrogen and oxygen atoms in total. The van der Waals surface area contributed by atoms with Crippen molar-refractivity contribution in [1.82, 2.24) is 15.8 Å². The van der Waals surface area contributed by atoms with Gasteiger partial charge in [0.15, 0.2) is 5.71 Å². The second kappa shape index (κ2) is 8.02. The van der Waals surface area contributed by atoms with Gasteiger partial charge in [-0.15, -0.1) is 5.10 Å². The lowest BCUT2D eigenvalue weighted by molar-refractivity contribution is -0.128. The maximum Gasteiger partial charge on any atom is 0.276 e. The number of aromatic amines is 1. The minimum Gasteiger partial charge on any atom is -0.357 e. The van der Waals surface area contributed by atoms with Gasteiger partial charge in [0, 0.05) is 11.3 Å². The summed E-state index contributed by atoms with van der Waals surface area (Å²) in [5.41, 5.74) is 4.03. The van der Waals surface area contributed by atoms with Crippen LogP contribution in [0.5, 0.6) is 0 Å². The van der Waals surface area contributed by atoms with E-state index in [0.29, 0.717) is 33.8 Å². The molecular weight excluding hydrogens is 383 g/mol. The molecule has 0 spiro atoms. The number of H-pyrrole nitrogens is 1. The van der Waals surface area contributed by atoms with Crippen molar-refractivity contribution in [2.75, 3.05) is 11.9 Å². The number of nitrogens with one attached hydrogen (secondary N) is 4. The Kier molecular flexibility index (Phi) is 5.50. The molecule has 2 aromatic rings. The van der Waals surface area contributed by atoms with Crippen molar-refractivity contribution in [2.24, 2.45) is 10.2 Å². The summed E-state index contributed by atoms with van der Waals surface area (Å²) in [5.74, 6) is -2.26. The number of nitrogens with zero attached hydrogens (tertiary/aromatic N) is 2. The largest absolute Gasteiger partial charge is 0.357 e. The lowest BCUT2D eigenvalue weighted by atomic mass is 10.1. The van der Waals surface area contributed by atoms with Crippen LogP contribution in [0.3, 0.4) is 0 Å². The van der Waals surface area contributed by atoms with E-state index in [-0.39, 0.29) is 12.3 Å². The Morgan fingerprint density at radius 3 is 2.79 bits per heavy atom. The number of benzene rings is 1. The Bertz CT molecular complexity index is 1070. The van der Waals surface area contributed by atoms with Gasteiger partial charge in [-0.3, -0.25) is 19.6 Å². The van der Waals surface area contributed by atoms with Crippen LogP contribution in [0.25, 0.3) is 0 Å². The van der Waals surface area contributed by atoms with Crippen LogP contribution < -0.4 is 16.1 Å². The second-order valence-electron chi connectivity index (χ2n) is 6.22. The number of aromatic nitrogens is 1. The third-order valence-electron chi connectivity index (χ3n) is 4.28. The van der Waals surface area contributed by atoms with Gasteiger partial charge >= 0.3 is 0 Å². The first-order valence-corrected chi connectivity index (χ1v) is 8.44. The third-order valence-corrected chi connectivity index (χ3v) is 4.28. The minimum atomic E-state index is -0.756. The molecule has 11 heteroatoms. The van der Waals surface area contributed by atoms with Crippen LogP contribution in [-0.2, 0) is 9.59 Å². The smallest absolute Gasteiger partial charge is 0.276 e. The average Bonchev–Trinajstić information content (AvgIpc) is 3.15. The van der Waals surface area contributed by atoms with Crippen LogP contribution in [0, 0.1) is 19.7 Å². The highest BCUT2D eigenvalue weighted by atomic mass is 19.1. The first-order chi connectivity index (χ1) is 13.8. The van der Waals surface area contributed by atoms with Crippen LogP contribution in [0.4, 0.5) is 10.1 Å². The van der Waals surface area contributed by atoms with E-state index in [4.69, 9.17) is 5.21 Å². The number of carbonyl (C=O) groups excluding carboxylic acids is 3. The monoisotopic (exact) mass is 400 g/mol. The Hall–Kier alpha value is -3.86. The fraction of sp³-hybridized carbons (Fsp3) is 0.167. The van der Waals surface area contributed by atoms with Gasteiger partial charge in [0.1, 0.15) is 5.82 Å². The quantitative estimate of drug-likeness (QED) is 0.286. The minimum absolute atomic E-state index is 0.0235. The van der Waals surface area contributed by atoms with Gasteiger partial charge in [-0.2, -0.15) is 5.10 Å². The number of hydroxylamine groups is 1. The molecule has 0 fully saturated rings. The zero-order valence-corrected chi connectivity index (χ0v) is 15.5. The first kappa shape index (κ1) is 19.9. The highest BCUT2D eigenvalue weighted by Gasteiger charge is 2.26. The Morgan fingerprint density at radius 2 is 2.07 bits per heavy atom. The molecule has 0 saturated heterocycles. The second-order valence-corrected chi connectivity index (χ2v) is 6.22. The van der Waals surface area contributed by atoms with Gasteiger partial charge in [0.2, 0.25) is 0 Å². The number of aryl methyl sites for hydroxylation is 1. The van der Waals surface area contributed by atoms with E-state index in [2.05, 4.69) is 25.8 Å². The lowest BCUT2D eigenvalue weighted by Gasteiger charge is -2.04. The summed E-state index contributed by atoms with van der Waals surface area (Å²) in [5, 5.41) is 21.2. The summed E-state index contributed by atoms with van der Waals surface area (Å²) < 4.78 is 13.4. The predicted octanol–water partition coefficient (Wildman–Crippen LogP) is 0.781. The maximum absolute atomic E-state index is 13.4. The molecule has 0 bridgehead atoms. The van der Waals surface area contributed by atoms with E-state index in [9.17, 15) is 18.8 Å². The lowest BCUT2D eigenvalue weighted by Crippen LogP contribution is -2.35.